The standard InChI is InChI=1S/C28H32N4O3S/c1-32(2)12-13-35-26-11-10-22-15-21(26)9-4-3-6-19-7-5-8-20(14-19)18-30-24-17-25(33)23(28(29)34)16-27(24)36-31-22/h3-5,7-8,10-11,14-17,30-31,33H,6,9,12-13,18H2,1-2H3,(H2,29,34)/b4-3+. The van der Waals surface area contributed by atoms with Crippen molar-refractivity contribution in [1.29, 1.82) is 0 Å². The molecule has 0 unspecified atom stereocenters. The molecule has 1 heterocycles. The summed E-state index contributed by atoms with van der Waals surface area (Å²) in [6.07, 6.45) is 5.95. The average molecular weight is 505 g/mol. The van der Waals surface area contributed by atoms with Crippen LogP contribution in [-0.4, -0.2) is 43.2 Å². The monoisotopic (exact) mass is 504 g/mol. The number of nitrogens with one attached hydrogen (secondary N) is 2. The van der Waals surface area contributed by atoms with Crippen LogP contribution in [0.25, 0.3) is 0 Å². The number of fused-ring (bicyclic) bond motifs is 5. The zero-order chi connectivity index (χ0) is 25.5. The van der Waals surface area contributed by atoms with E-state index >= 15 is 0 Å². The van der Waals surface area contributed by atoms with E-state index in [0.717, 1.165) is 46.8 Å². The van der Waals surface area contributed by atoms with E-state index in [9.17, 15) is 9.90 Å². The average Bonchev–Trinajstić information content (AvgIpc) is 2.85. The third kappa shape index (κ3) is 6.74. The fraction of sp³-hybridized carbons (Fsp3) is 0.250. The van der Waals surface area contributed by atoms with E-state index in [2.05, 4.69) is 51.4 Å². The zero-order valence-electron chi connectivity index (χ0n) is 20.6. The van der Waals surface area contributed by atoms with E-state index in [0.29, 0.717) is 18.8 Å². The Labute approximate surface area is 216 Å². The van der Waals surface area contributed by atoms with E-state index in [1.54, 1.807) is 12.1 Å². The van der Waals surface area contributed by atoms with Gasteiger partial charge in [0.1, 0.15) is 18.1 Å². The number of ether oxygens (including phenoxy) is 1. The van der Waals surface area contributed by atoms with Crippen LogP contribution in [0, 0.1) is 0 Å². The number of nitrogens with two attached hydrogens (primary N) is 1. The van der Waals surface area contributed by atoms with Gasteiger partial charge in [0, 0.05) is 24.8 Å². The quantitative estimate of drug-likeness (QED) is 0.292. The van der Waals surface area contributed by atoms with Crippen molar-refractivity contribution in [2.45, 2.75) is 24.3 Å². The van der Waals surface area contributed by atoms with Crippen LogP contribution in [0.4, 0.5) is 11.4 Å². The lowest BCUT2D eigenvalue weighted by atomic mass is 10.1. The molecular formula is C28H32N4O3S. The van der Waals surface area contributed by atoms with Crippen molar-refractivity contribution in [3.63, 3.8) is 0 Å². The smallest absolute Gasteiger partial charge is 0.252 e. The largest absolute Gasteiger partial charge is 0.507 e. The van der Waals surface area contributed by atoms with Crippen molar-refractivity contribution in [3.8, 4) is 11.5 Å². The second kappa shape index (κ2) is 11.9. The van der Waals surface area contributed by atoms with Gasteiger partial charge in [-0.25, -0.2) is 0 Å². The molecule has 188 valence electrons. The first-order valence-electron chi connectivity index (χ1n) is 11.9. The van der Waals surface area contributed by atoms with Gasteiger partial charge >= 0.3 is 0 Å². The number of carbonyl (C=O) groups is 1. The molecule has 0 fully saturated rings. The van der Waals surface area contributed by atoms with Crippen LogP contribution in [0.15, 0.2) is 71.6 Å². The van der Waals surface area contributed by atoms with Crippen LogP contribution in [-0.2, 0) is 19.4 Å². The van der Waals surface area contributed by atoms with E-state index in [-0.39, 0.29) is 11.3 Å². The molecule has 1 aliphatic rings. The number of aromatic hydroxyl groups is 1. The summed E-state index contributed by atoms with van der Waals surface area (Å²) in [6, 6.07) is 17.6. The number of amides is 1. The molecule has 0 aliphatic carbocycles. The third-order valence-electron chi connectivity index (χ3n) is 5.83. The molecule has 1 amide bonds. The number of anilines is 2. The van der Waals surface area contributed by atoms with Gasteiger partial charge in [-0.05, 0) is 79.8 Å². The Bertz CT molecular complexity index is 1260. The summed E-state index contributed by atoms with van der Waals surface area (Å²) in [7, 11) is 4.05. The second-order valence-electron chi connectivity index (χ2n) is 8.96. The van der Waals surface area contributed by atoms with Crippen LogP contribution < -0.4 is 20.5 Å². The summed E-state index contributed by atoms with van der Waals surface area (Å²) in [4.78, 5) is 14.7. The Morgan fingerprint density at radius 3 is 2.69 bits per heavy atom. The van der Waals surface area contributed by atoms with Gasteiger partial charge in [-0.1, -0.05) is 36.4 Å². The van der Waals surface area contributed by atoms with Gasteiger partial charge in [-0.2, -0.15) is 0 Å². The topological polar surface area (TPSA) is 99.8 Å². The molecule has 7 nitrogen and oxygen atoms in total. The number of primary amides is 1. The molecule has 0 spiro atoms. The van der Waals surface area contributed by atoms with Gasteiger partial charge in [-0.3, -0.25) is 4.79 Å². The number of likely N-dealkylation sites (N-methyl/N-ethyl adjacent to an activating group) is 1. The Balaban J connectivity index is 1.68. The van der Waals surface area contributed by atoms with Gasteiger partial charge < -0.3 is 30.5 Å². The predicted molar refractivity (Wildman–Crippen MR) is 147 cm³/mol. The first-order chi connectivity index (χ1) is 17.4. The molecule has 0 radical (unpaired) electrons. The van der Waals surface area contributed by atoms with Gasteiger partial charge in [0.05, 0.1) is 16.1 Å². The molecule has 0 saturated carbocycles. The minimum atomic E-state index is -0.677. The van der Waals surface area contributed by atoms with Crippen LogP contribution in [0.5, 0.6) is 11.5 Å². The minimum Gasteiger partial charge on any atom is -0.507 e. The number of carbonyl (C=O) groups excluding carboxylic acids is 1. The Morgan fingerprint density at radius 2 is 1.89 bits per heavy atom. The van der Waals surface area contributed by atoms with Gasteiger partial charge in [0.2, 0.25) is 0 Å². The number of benzene rings is 3. The summed E-state index contributed by atoms with van der Waals surface area (Å²) in [5.74, 6) is 0.0383. The zero-order valence-corrected chi connectivity index (χ0v) is 21.4. The first kappa shape index (κ1) is 25.5. The fourth-order valence-electron chi connectivity index (χ4n) is 3.88. The highest BCUT2D eigenvalue weighted by atomic mass is 32.2. The van der Waals surface area contributed by atoms with Crippen LogP contribution in [0.1, 0.15) is 27.0 Å². The van der Waals surface area contributed by atoms with E-state index in [4.69, 9.17) is 10.5 Å². The van der Waals surface area contributed by atoms with Gasteiger partial charge in [-0.15, -0.1) is 0 Å². The SMILES string of the molecule is CN(C)CCOc1ccc2cc1C/C=C/Cc1cccc(c1)CNc1cc(O)c(C(N)=O)cc1SN2. The predicted octanol–water partition coefficient (Wildman–Crippen LogP) is 4.82. The fourth-order valence-corrected chi connectivity index (χ4v) is 4.65. The summed E-state index contributed by atoms with van der Waals surface area (Å²) in [6.45, 7) is 2.01. The molecule has 4 rings (SSSR count). The van der Waals surface area contributed by atoms with Crippen molar-refractivity contribution in [3.05, 3.63) is 89.0 Å². The maximum Gasteiger partial charge on any atom is 0.252 e. The number of rotatable bonds is 5. The highest BCUT2D eigenvalue weighted by Crippen LogP contribution is 2.35. The summed E-state index contributed by atoms with van der Waals surface area (Å²) >= 11 is 1.35. The molecule has 0 atom stereocenters. The number of phenols is 1. The first-order valence-corrected chi connectivity index (χ1v) is 12.7. The Kier molecular flexibility index (Phi) is 8.40. The number of hydrogen-bond donors (Lipinski definition) is 4. The van der Waals surface area contributed by atoms with Crippen molar-refractivity contribution < 1.29 is 14.6 Å². The molecule has 0 saturated heterocycles. The van der Waals surface area contributed by atoms with Crippen molar-refractivity contribution in [2.24, 2.45) is 5.73 Å². The minimum absolute atomic E-state index is 0.0803. The lowest BCUT2D eigenvalue weighted by molar-refractivity contribution is 0.0997. The van der Waals surface area contributed by atoms with E-state index in [1.165, 1.54) is 17.5 Å². The van der Waals surface area contributed by atoms with Crippen LogP contribution in [0.3, 0.4) is 0 Å². The molecule has 3 aromatic rings. The lowest BCUT2D eigenvalue weighted by Gasteiger charge is -2.17. The van der Waals surface area contributed by atoms with E-state index < -0.39 is 5.91 Å². The molecule has 3 aromatic carbocycles. The van der Waals surface area contributed by atoms with Crippen LogP contribution in [0.2, 0.25) is 0 Å². The maximum absolute atomic E-state index is 11.9. The van der Waals surface area contributed by atoms with Crippen LogP contribution >= 0.6 is 11.9 Å². The molecule has 5 N–H and O–H groups in total. The van der Waals surface area contributed by atoms with Gasteiger partial charge in [0.25, 0.3) is 5.91 Å². The summed E-state index contributed by atoms with van der Waals surface area (Å²) < 4.78 is 9.45. The number of hydrogen-bond acceptors (Lipinski definition) is 7. The summed E-state index contributed by atoms with van der Waals surface area (Å²) in [5, 5.41) is 13.8. The highest BCUT2D eigenvalue weighted by molar-refractivity contribution is 8.00. The summed E-state index contributed by atoms with van der Waals surface area (Å²) in [5.41, 5.74) is 10.6. The van der Waals surface area contributed by atoms with Crippen molar-refractivity contribution >= 4 is 29.2 Å². The van der Waals surface area contributed by atoms with Crippen molar-refractivity contribution in [2.75, 3.05) is 37.3 Å². The van der Waals surface area contributed by atoms with Gasteiger partial charge in [0.15, 0.2) is 0 Å². The number of nitrogens with zero attached hydrogens (tertiary/aromatic N) is 1. The molecule has 0 aromatic heterocycles. The molecular weight excluding hydrogens is 472 g/mol. The van der Waals surface area contributed by atoms with E-state index in [1.807, 2.05) is 32.3 Å². The third-order valence-corrected chi connectivity index (χ3v) is 6.73. The van der Waals surface area contributed by atoms with Crippen molar-refractivity contribution in [1.82, 2.24) is 4.90 Å². The second-order valence-corrected chi connectivity index (χ2v) is 9.81. The molecule has 36 heavy (non-hydrogen) atoms. The molecule has 1 aliphatic heterocycles. The number of allylic oxidation sites excluding steroid dienone is 2. The highest BCUT2D eigenvalue weighted by Gasteiger charge is 2.15. The molecule has 8 heteroatoms. The normalized spacial score (nSPS) is 14.3. The Hall–Kier alpha value is -3.62. The Morgan fingerprint density at radius 1 is 1.08 bits per heavy atom. The maximum atomic E-state index is 11.9. The molecule has 4 bridgehead atoms. The lowest BCUT2D eigenvalue weighted by Crippen LogP contribution is -2.19.